The highest BCUT2D eigenvalue weighted by atomic mass is 79.9. The average molecular weight is 287 g/mol. The molecule has 0 radical (unpaired) electrons. The van der Waals surface area contributed by atoms with Gasteiger partial charge in [0, 0.05) is 16.5 Å². The fourth-order valence-corrected chi connectivity index (χ4v) is 2.92. The predicted molar refractivity (Wildman–Crippen MR) is 72.2 cm³/mol. The highest BCUT2D eigenvalue weighted by molar-refractivity contribution is 9.10. The minimum Gasteiger partial charge on any atom is -0.294 e. The lowest BCUT2D eigenvalue weighted by molar-refractivity contribution is 0.0994. The van der Waals surface area contributed by atoms with Crippen molar-refractivity contribution in [2.24, 2.45) is 0 Å². The van der Waals surface area contributed by atoms with E-state index in [1.165, 1.54) is 16.7 Å². The van der Waals surface area contributed by atoms with Crippen molar-refractivity contribution in [2.75, 3.05) is 0 Å². The molecule has 0 saturated heterocycles. The summed E-state index contributed by atoms with van der Waals surface area (Å²) in [4.78, 5) is 11.7. The number of benzene rings is 2. The number of rotatable bonds is 1. The number of carbonyl (C=O) groups is 1. The van der Waals surface area contributed by atoms with E-state index in [1.54, 1.807) is 0 Å². The van der Waals surface area contributed by atoms with E-state index in [4.69, 9.17) is 0 Å². The zero-order chi connectivity index (χ0) is 11.8. The quantitative estimate of drug-likeness (QED) is 0.766. The molecule has 84 valence electrons. The van der Waals surface area contributed by atoms with Crippen LogP contribution in [0.15, 0.2) is 46.9 Å². The number of ketones is 1. The van der Waals surface area contributed by atoms with Gasteiger partial charge in [-0.15, -0.1) is 0 Å². The zero-order valence-electron chi connectivity index (χ0n) is 9.24. The summed E-state index contributed by atoms with van der Waals surface area (Å²) in [6, 6.07) is 14.1. The molecule has 1 nitrogen and oxygen atoms in total. The number of carbonyl (C=O) groups excluding carboxylic acids is 1. The lowest BCUT2D eigenvalue weighted by atomic mass is 9.97. The molecule has 0 atom stereocenters. The molecule has 0 aromatic heterocycles. The summed E-state index contributed by atoms with van der Waals surface area (Å²) in [5.41, 5.74) is 4.45. The monoisotopic (exact) mass is 286 g/mol. The van der Waals surface area contributed by atoms with Gasteiger partial charge in [-0.2, -0.15) is 0 Å². The van der Waals surface area contributed by atoms with Crippen LogP contribution in [0.2, 0.25) is 0 Å². The Balaban J connectivity index is 2.24. The summed E-state index contributed by atoms with van der Waals surface area (Å²) in [5, 5.41) is 0. The molecule has 0 amide bonds. The van der Waals surface area contributed by atoms with E-state index >= 15 is 0 Å². The standard InChI is InChI=1S/C15H11BrO/c16-14-7-2-1-4-12(14)10-5-3-6-13-11(10)8-9-15(13)17/h1-7H,8-9H2. The molecule has 0 N–H and O–H groups in total. The highest BCUT2D eigenvalue weighted by Gasteiger charge is 2.22. The molecule has 2 aromatic carbocycles. The van der Waals surface area contributed by atoms with Crippen LogP contribution in [0.25, 0.3) is 11.1 Å². The van der Waals surface area contributed by atoms with Gasteiger partial charge in [0.25, 0.3) is 0 Å². The van der Waals surface area contributed by atoms with Crippen LogP contribution in [0.5, 0.6) is 0 Å². The molecule has 0 unspecified atom stereocenters. The number of Topliss-reactive ketones (excluding diaryl/α,β-unsaturated/α-hetero) is 1. The molecule has 0 spiro atoms. The lowest BCUT2D eigenvalue weighted by Gasteiger charge is -2.09. The van der Waals surface area contributed by atoms with Crippen molar-refractivity contribution in [2.45, 2.75) is 12.8 Å². The van der Waals surface area contributed by atoms with Crippen LogP contribution in [-0.4, -0.2) is 5.78 Å². The van der Waals surface area contributed by atoms with Crippen molar-refractivity contribution < 1.29 is 4.79 Å². The van der Waals surface area contributed by atoms with Gasteiger partial charge >= 0.3 is 0 Å². The average Bonchev–Trinajstić information content (AvgIpc) is 2.72. The summed E-state index contributed by atoms with van der Waals surface area (Å²) in [6.07, 6.45) is 1.52. The van der Waals surface area contributed by atoms with Crippen molar-refractivity contribution in [3.8, 4) is 11.1 Å². The molecule has 1 aliphatic carbocycles. The minimum atomic E-state index is 0.272. The molecule has 0 saturated carbocycles. The van der Waals surface area contributed by atoms with E-state index in [0.717, 1.165) is 16.5 Å². The Labute approximate surface area is 109 Å². The lowest BCUT2D eigenvalue weighted by Crippen LogP contribution is -1.92. The molecular weight excluding hydrogens is 276 g/mol. The highest BCUT2D eigenvalue weighted by Crippen LogP contribution is 2.35. The Morgan fingerprint density at radius 1 is 0.824 bits per heavy atom. The van der Waals surface area contributed by atoms with Crippen LogP contribution < -0.4 is 0 Å². The van der Waals surface area contributed by atoms with Gasteiger partial charge in [0.05, 0.1) is 0 Å². The molecule has 2 heteroatoms. The van der Waals surface area contributed by atoms with Crippen LogP contribution in [0.3, 0.4) is 0 Å². The van der Waals surface area contributed by atoms with Crippen LogP contribution >= 0.6 is 15.9 Å². The molecule has 3 rings (SSSR count). The molecule has 0 fully saturated rings. The Morgan fingerprint density at radius 2 is 1.53 bits per heavy atom. The number of hydrogen-bond donors (Lipinski definition) is 0. The SMILES string of the molecule is O=C1CCc2c1cccc2-c1ccccc1Br. The first kappa shape index (κ1) is 10.7. The third kappa shape index (κ3) is 1.73. The van der Waals surface area contributed by atoms with Gasteiger partial charge in [-0.05, 0) is 29.2 Å². The van der Waals surface area contributed by atoms with E-state index in [-0.39, 0.29) is 5.78 Å². The topological polar surface area (TPSA) is 17.1 Å². The van der Waals surface area contributed by atoms with Gasteiger partial charge < -0.3 is 0 Å². The van der Waals surface area contributed by atoms with Crippen molar-refractivity contribution in [1.29, 1.82) is 0 Å². The summed E-state index contributed by atoms with van der Waals surface area (Å²) in [5.74, 6) is 0.272. The smallest absolute Gasteiger partial charge is 0.163 e. The Hall–Kier alpha value is -1.41. The maximum atomic E-state index is 11.7. The summed E-state index contributed by atoms with van der Waals surface area (Å²) >= 11 is 3.57. The second-order valence-corrected chi connectivity index (χ2v) is 5.09. The van der Waals surface area contributed by atoms with Crippen molar-refractivity contribution in [1.82, 2.24) is 0 Å². The maximum absolute atomic E-state index is 11.7. The van der Waals surface area contributed by atoms with Gasteiger partial charge in [0.2, 0.25) is 0 Å². The van der Waals surface area contributed by atoms with Crippen LogP contribution in [-0.2, 0) is 6.42 Å². The molecule has 0 aliphatic heterocycles. The van der Waals surface area contributed by atoms with E-state index in [9.17, 15) is 4.79 Å². The third-order valence-electron chi connectivity index (χ3n) is 3.24. The van der Waals surface area contributed by atoms with Crippen LogP contribution in [0.1, 0.15) is 22.3 Å². The first-order valence-electron chi connectivity index (χ1n) is 5.67. The minimum absolute atomic E-state index is 0.272. The van der Waals surface area contributed by atoms with Crippen molar-refractivity contribution in [3.63, 3.8) is 0 Å². The Kier molecular flexibility index (Phi) is 2.60. The summed E-state index contributed by atoms with van der Waals surface area (Å²) in [7, 11) is 0. The maximum Gasteiger partial charge on any atom is 0.163 e. The van der Waals surface area contributed by atoms with E-state index < -0.39 is 0 Å². The molecule has 0 bridgehead atoms. The largest absolute Gasteiger partial charge is 0.294 e. The van der Waals surface area contributed by atoms with Gasteiger partial charge in [-0.3, -0.25) is 4.79 Å². The normalized spacial score (nSPS) is 13.8. The van der Waals surface area contributed by atoms with E-state index in [1.807, 2.05) is 30.3 Å². The number of hydrogen-bond acceptors (Lipinski definition) is 1. The Morgan fingerprint density at radius 3 is 2.35 bits per heavy atom. The molecule has 17 heavy (non-hydrogen) atoms. The fourth-order valence-electron chi connectivity index (χ4n) is 2.42. The summed E-state index contributed by atoms with van der Waals surface area (Å²) in [6.45, 7) is 0. The van der Waals surface area contributed by atoms with E-state index in [0.29, 0.717) is 6.42 Å². The van der Waals surface area contributed by atoms with Crippen LogP contribution in [0, 0.1) is 0 Å². The van der Waals surface area contributed by atoms with E-state index in [2.05, 4.69) is 28.1 Å². The first-order valence-corrected chi connectivity index (χ1v) is 6.46. The van der Waals surface area contributed by atoms with Gasteiger partial charge in [0.1, 0.15) is 0 Å². The van der Waals surface area contributed by atoms with Gasteiger partial charge in [-0.25, -0.2) is 0 Å². The molecular formula is C15H11BrO. The number of fused-ring (bicyclic) bond motifs is 1. The predicted octanol–water partition coefficient (Wildman–Crippen LogP) is 4.25. The third-order valence-corrected chi connectivity index (χ3v) is 3.93. The fraction of sp³-hybridized carbons (Fsp3) is 0.133. The molecule has 0 heterocycles. The first-order chi connectivity index (χ1) is 8.27. The summed E-state index contributed by atoms with van der Waals surface area (Å²) < 4.78 is 1.08. The van der Waals surface area contributed by atoms with Crippen LogP contribution in [0.4, 0.5) is 0 Å². The van der Waals surface area contributed by atoms with Crippen molar-refractivity contribution >= 4 is 21.7 Å². The second kappa shape index (κ2) is 4.11. The number of halogens is 1. The van der Waals surface area contributed by atoms with Crippen molar-refractivity contribution in [3.05, 3.63) is 58.1 Å². The Bertz CT molecular complexity index is 602. The van der Waals surface area contributed by atoms with Gasteiger partial charge in [-0.1, -0.05) is 52.3 Å². The second-order valence-electron chi connectivity index (χ2n) is 4.23. The molecule has 2 aromatic rings. The molecule has 1 aliphatic rings. The van der Waals surface area contributed by atoms with Gasteiger partial charge in [0.15, 0.2) is 5.78 Å². The zero-order valence-corrected chi connectivity index (χ0v) is 10.8.